The molecular weight excluding hydrogens is 406 g/mol. The molecule has 5 heterocycles. The Morgan fingerprint density at radius 3 is 1.72 bits per heavy atom. The first kappa shape index (κ1) is 18.3. The maximum atomic E-state index is 5.76. The predicted octanol–water partition coefficient (Wildman–Crippen LogP) is 4.52. The van der Waals surface area contributed by atoms with Crippen molar-refractivity contribution in [1.29, 1.82) is 0 Å². The second kappa shape index (κ2) is 7.93. The Kier molecular flexibility index (Phi) is 4.99. The maximum absolute atomic E-state index is 5.76. The number of rotatable bonds is 4. The molecule has 2 aliphatic heterocycles. The van der Waals surface area contributed by atoms with Crippen molar-refractivity contribution in [3.8, 4) is 23.0 Å². The van der Waals surface area contributed by atoms with Gasteiger partial charge in [0.15, 0.2) is 23.0 Å². The summed E-state index contributed by atoms with van der Waals surface area (Å²) in [6.45, 7) is 2.42. The highest BCUT2D eigenvalue weighted by molar-refractivity contribution is 7.12. The summed E-state index contributed by atoms with van der Waals surface area (Å²) in [6.07, 6.45) is 8.38. The molecule has 2 aliphatic rings. The van der Waals surface area contributed by atoms with Crippen LogP contribution < -0.4 is 23.5 Å². The van der Waals surface area contributed by atoms with Crippen molar-refractivity contribution in [1.82, 2.24) is 0 Å². The van der Waals surface area contributed by atoms with Crippen molar-refractivity contribution in [3.63, 3.8) is 0 Å². The van der Waals surface area contributed by atoms with Crippen LogP contribution >= 0.6 is 22.7 Å². The predicted molar refractivity (Wildman–Crippen MR) is 116 cm³/mol. The maximum Gasteiger partial charge on any atom is 0.205 e. The van der Waals surface area contributed by atoms with E-state index in [9.17, 15) is 0 Å². The van der Waals surface area contributed by atoms with Crippen molar-refractivity contribution in [2.24, 2.45) is 7.05 Å². The SMILES string of the molecule is C[n+]1c(/C=C/c2scc3c2OCCO3)cccc1/C=C/c1scc2c1OCCO2. The summed E-state index contributed by atoms with van der Waals surface area (Å²) in [5.74, 6) is 3.38. The zero-order valence-electron chi connectivity index (χ0n) is 15.9. The monoisotopic (exact) mass is 426 g/mol. The van der Waals surface area contributed by atoms with Gasteiger partial charge in [0, 0.05) is 35.0 Å². The van der Waals surface area contributed by atoms with Crippen LogP contribution in [0.2, 0.25) is 0 Å². The lowest BCUT2D eigenvalue weighted by Crippen LogP contribution is -2.35. The van der Waals surface area contributed by atoms with Gasteiger partial charge in [0.2, 0.25) is 11.4 Å². The number of nitrogens with zero attached hydrogens (tertiary/aromatic N) is 1. The van der Waals surface area contributed by atoms with Crippen molar-refractivity contribution >= 4 is 47.0 Å². The number of aromatic nitrogens is 1. The fourth-order valence-corrected chi connectivity index (χ4v) is 4.91. The van der Waals surface area contributed by atoms with Gasteiger partial charge in [0.05, 0.1) is 9.75 Å². The van der Waals surface area contributed by atoms with Gasteiger partial charge in [-0.05, 0) is 18.2 Å². The molecule has 0 aliphatic carbocycles. The minimum atomic E-state index is 0.597. The molecule has 0 aromatic carbocycles. The second-order valence-corrected chi connectivity index (χ2v) is 8.40. The molecule has 3 aromatic heterocycles. The van der Waals surface area contributed by atoms with E-state index in [0.29, 0.717) is 26.4 Å². The van der Waals surface area contributed by atoms with Crippen LogP contribution in [0.25, 0.3) is 24.3 Å². The number of pyridine rings is 1. The summed E-state index contributed by atoms with van der Waals surface area (Å²) < 4.78 is 24.9. The van der Waals surface area contributed by atoms with Crippen LogP contribution in [0, 0.1) is 0 Å². The Hall–Kier alpha value is -2.77. The minimum absolute atomic E-state index is 0.597. The van der Waals surface area contributed by atoms with Gasteiger partial charge in [-0.3, -0.25) is 0 Å². The first-order chi connectivity index (χ1) is 14.3. The van der Waals surface area contributed by atoms with Gasteiger partial charge in [-0.15, -0.1) is 22.7 Å². The highest BCUT2D eigenvalue weighted by Gasteiger charge is 2.18. The molecule has 5 rings (SSSR count). The summed E-state index contributed by atoms with van der Waals surface area (Å²) in [7, 11) is 2.06. The van der Waals surface area contributed by atoms with E-state index in [1.165, 1.54) is 0 Å². The highest BCUT2D eigenvalue weighted by atomic mass is 32.1. The molecule has 0 saturated carbocycles. The van der Waals surface area contributed by atoms with Crippen LogP contribution in [-0.4, -0.2) is 26.4 Å². The molecule has 5 nitrogen and oxygen atoms in total. The number of thiophene rings is 2. The Morgan fingerprint density at radius 1 is 0.724 bits per heavy atom. The molecule has 148 valence electrons. The number of fused-ring (bicyclic) bond motifs is 2. The lowest BCUT2D eigenvalue weighted by molar-refractivity contribution is -0.675. The summed E-state index contributed by atoms with van der Waals surface area (Å²) in [6, 6.07) is 6.25. The number of hydrogen-bond donors (Lipinski definition) is 0. The Morgan fingerprint density at radius 2 is 1.21 bits per heavy atom. The molecule has 29 heavy (non-hydrogen) atoms. The lowest BCUT2D eigenvalue weighted by Gasteiger charge is -2.15. The highest BCUT2D eigenvalue weighted by Crippen LogP contribution is 2.41. The number of ether oxygens (including phenoxy) is 4. The average molecular weight is 427 g/mol. The normalized spacial score (nSPS) is 15.3. The van der Waals surface area contributed by atoms with E-state index in [1.54, 1.807) is 22.7 Å². The zero-order valence-corrected chi connectivity index (χ0v) is 17.6. The van der Waals surface area contributed by atoms with Crippen LogP contribution in [0.3, 0.4) is 0 Å². The first-order valence-corrected chi connectivity index (χ1v) is 11.1. The smallest absolute Gasteiger partial charge is 0.205 e. The Labute approximate surface area is 177 Å². The minimum Gasteiger partial charge on any atom is -0.485 e. The topological polar surface area (TPSA) is 40.8 Å². The molecule has 0 fully saturated rings. The van der Waals surface area contributed by atoms with E-state index in [0.717, 1.165) is 44.1 Å². The fourth-order valence-electron chi connectivity index (χ4n) is 3.27. The van der Waals surface area contributed by atoms with Crippen LogP contribution in [-0.2, 0) is 7.05 Å². The largest absolute Gasteiger partial charge is 0.485 e. The third-order valence-electron chi connectivity index (χ3n) is 4.78. The Bertz CT molecular complexity index is 1010. The third kappa shape index (κ3) is 3.63. The molecule has 0 saturated heterocycles. The van der Waals surface area contributed by atoms with E-state index in [1.807, 2.05) is 10.8 Å². The average Bonchev–Trinajstić information content (AvgIpc) is 3.36. The van der Waals surface area contributed by atoms with Crippen molar-refractivity contribution in [3.05, 3.63) is 50.1 Å². The molecule has 0 amide bonds. The molecule has 0 unspecified atom stereocenters. The molecular formula is C22H20NO4S2+. The van der Waals surface area contributed by atoms with Gasteiger partial charge in [-0.25, -0.2) is 0 Å². The van der Waals surface area contributed by atoms with Crippen LogP contribution in [0.5, 0.6) is 23.0 Å². The van der Waals surface area contributed by atoms with Crippen LogP contribution in [0.4, 0.5) is 0 Å². The summed E-state index contributed by atoms with van der Waals surface area (Å²) >= 11 is 3.26. The summed E-state index contributed by atoms with van der Waals surface area (Å²) in [5.41, 5.74) is 2.19. The molecule has 7 heteroatoms. The summed E-state index contributed by atoms with van der Waals surface area (Å²) in [5, 5.41) is 4.00. The van der Waals surface area contributed by atoms with Gasteiger partial charge in [-0.1, -0.05) is 0 Å². The standard InChI is InChI=1S/C22H20NO4S2/c1-23-15(5-7-19-21-17(13-28-19)24-9-11-26-21)3-2-4-16(23)6-8-20-22-18(14-29-20)25-10-12-27-22/h2-8,13-14H,9-12H2,1H3/q+1/b7-5+,8-6+. The molecule has 0 N–H and O–H groups in total. The molecule has 0 radical (unpaired) electrons. The van der Waals surface area contributed by atoms with Gasteiger partial charge in [-0.2, -0.15) is 4.57 Å². The van der Waals surface area contributed by atoms with Crippen molar-refractivity contribution in [2.75, 3.05) is 26.4 Å². The van der Waals surface area contributed by atoms with Gasteiger partial charge in [0.25, 0.3) is 0 Å². The van der Waals surface area contributed by atoms with E-state index < -0.39 is 0 Å². The van der Waals surface area contributed by atoms with Gasteiger partial charge >= 0.3 is 0 Å². The summed E-state index contributed by atoms with van der Waals surface area (Å²) in [4.78, 5) is 2.14. The van der Waals surface area contributed by atoms with Gasteiger partial charge < -0.3 is 18.9 Å². The van der Waals surface area contributed by atoms with E-state index in [4.69, 9.17) is 18.9 Å². The van der Waals surface area contributed by atoms with Crippen LogP contribution in [0.1, 0.15) is 21.1 Å². The van der Waals surface area contributed by atoms with E-state index in [2.05, 4.69) is 54.1 Å². The van der Waals surface area contributed by atoms with E-state index in [-0.39, 0.29) is 0 Å². The van der Waals surface area contributed by atoms with Crippen molar-refractivity contribution < 1.29 is 23.5 Å². The zero-order chi connectivity index (χ0) is 19.6. The lowest BCUT2D eigenvalue weighted by atomic mass is 10.2. The molecule has 3 aromatic rings. The van der Waals surface area contributed by atoms with E-state index >= 15 is 0 Å². The van der Waals surface area contributed by atoms with Crippen molar-refractivity contribution in [2.45, 2.75) is 0 Å². The third-order valence-corrected chi connectivity index (χ3v) is 6.59. The molecule has 0 atom stereocenters. The second-order valence-electron chi connectivity index (χ2n) is 6.58. The fraction of sp³-hybridized carbons (Fsp3) is 0.227. The van der Waals surface area contributed by atoms with Crippen LogP contribution in [0.15, 0.2) is 29.0 Å². The molecule has 0 spiro atoms. The molecule has 0 bridgehead atoms. The van der Waals surface area contributed by atoms with Gasteiger partial charge in [0.1, 0.15) is 33.5 Å². The Balaban J connectivity index is 1.39. The first-order valence-electron chi connectivity index (χ1n) is 9.39. The quantitative estimate of drug-likeness (QED) is 0.576. The number of hydrogen-bond acceptors (Lipinski definition) is 6.